The molecule has 4 aromatic carbocycles. The van der Waals surface area contributed by atoms with E-state index >= 15 is 0 Å². The first kappa shape index (κ1) is 22.8. The highest BCUT2D eigenvalue weighted by molar-refractivity contribution is 6.30. The second-order valence-electron chi connectivity index (χ2n) is 7.22. The molecule has 7 nitrogen and oxygen atoms in total. The van der Waals surface area contributed by atoms with Crippen molar-refractivity contribution in [3.8, 4) is 17.2 Å². The molecule has 0 aliphatic carbocycles. The second kappa shape index (κ2) is 10.1. The Labute approximate surface area is 200 Å². The third kappa shape index (κ3) is 5.16. The van der Waals surface area contributed by atoms with Crippen LogP contribution in [-0.4, -0.2) is 30.3 Å². The molecule has 0 saturated carbocycles. The SMILES string of the molecule is COc1cc(/C=N\NC(=O)c2cc3ccccc3cc2O)ccc1OC(=O)c1ccc(Cl)cc1. The highest BCUT2D eigenvalue weighted by Gasteiger charge is 2.14. The molecular formula is C26H19ClN2O5. The average Bonchev–Trinajstić information content (AvgIpc) is 2.84. The van der Waals surface area contributed by atoms with Gasteiger partial charge >= 0.3 is 5.97 Å². The van der Waals surface area contributed by atoms with E-state index in [1.165, 1.54) is 19.4 Å². The lowest BCUT2D eigenvalue weighted by atomic mass is 10.1. The minimum Gasteiger partial charge on any atom is -0.507 e. The Morgan fingerprint density at radius 1 is 0.941 bits per heavy atom. The Morgan fingerprint density at radius 2 is 1.65 bits per heavy atom. The normalized spacial score (nSPS) is 10.9. The minimum absolute atomic E-state index is 0.109. The molecule has 0 unspecified atom stereocenters. The van der Waals surface area contributed by atoms with Crippen molar-refractivity contribution < 1.29 is 24.2 Å². The molecule has 0 fully saturated rings. The number of methoxy groups -OCH3 is 1. The van der Waals surface area contributed by atoms with Gasteiger partial charge in [-0.1, -0.05) is 35.9 Å². The molecular weight excluding hydrogens is 456 g/mol. The van der Waals surface area contributed by atoms with Crippen molar-refractivity contribution in [2.75, 3.05) is 7.11 Å². The van der Waals surface area contributed by atoms with Gasteiger partial charge in [-0.3, -0.25) is 4.79 Å². The third-order valence-electron chi connectivity index (χ3n) is 4.96. The molecule has 4 rings (SSSR count). The number of carbonyl (C=O) groups is 2. The Bertz CT molecular complexity index is 1400. The Balaban J connectivity index is 1.45. The highest BCUT2D eigenvalue weighted by atomic mass is 35.5. The summed E-state index contributed by atoms with van der Waals surface area (Å²) in [4.78, 5) is 24.8. The predicted octanol–water partition coefficient (Wildman–Crippen LogP) is 5.19. The Hall–Kier alpha value is -4.36. The van der Waals surface area contributed by atoms with Gasteiger partial charge in [0, 0.05) is 5.02 Å². The number of phenols is 1. The summed E-state index contributed by atoms with van der Waals surface area (Å²) in [5.74, 6) is -0.715. The molecule has 1 amide bonds. The van der Waals surface area contributed by atoms with E-state index in [2.05, 4.69) is 10.5 Å². The van der Waals surface area contributed by atoms with E-state index in [1.54, 1.807) is 48.5 Å². The van der Waals surface area contributed by atoms with Crippen LogP contribution in [0.1, 0.15) is 26.3 Å². The molecule has 4 aromatic rings. The largest absolute Gasteiger partial charge is 0.507 e. The van der Waals surface area contributed by atoms with Crippen LogP contribution in [0, 0.1) is 0 Å². The number of nitrogens with one attached hydrogen (secondary N) is 1. The number of halogens is 1. The number of esters is 1. The number of hydrogen-bond donors (Lipinski definition) is 2. The van der Waals surface area contributed by atoms with Crippen LogP contribution in [-0.2, 0) is 0 Å². The first-order valence-electron chi connectivity index (χ1n) is 10.2. The van der Waals surface area contributed by atoms with Crippen molar-refractivity contribution >= 4 is 40.5 Å². The molecule has 0 bridgehead atoms. The standard InChI is InChI=1S/C26H19ClN2O5/c1-33-24-12-16(6-11-23(24)34-26(32)17-7-9-20(27)10-8-17)15-28-29-25(31)21-13-18-4-2-3-5-19(18)14-22(21)30/h2-15,30H,1H3,(H,29,31)/b28-15-. The zero-order valence-electron chi connectivity index (χ0n) is 18.0. The monoisotopic (exact) mass is 474 g/mol. The fraction of sp³-hybridized carbons (Fsp3) is 0.0385. The maximum atomic E-state index is 12.5. The third-order valence-corrected chi connectivity index (χ3v) is 5.21. The number of carbonyl (C=O) groups excluding carboxylic acids is 2. The molecule has 0 radical (unpaired) electrons. The van der Waals surface area contributed by atoms with E-state index in [9.17, 15) is 14.7 Å². The molecule has 2 N–H and O–H groups in total. The number of hydrogen-bond acceptors (Lipinski definition) is 6. The van der Waals surface area contributed by atoms with Gasteiger partial charge < -0.3 is 14.6 Å². The molecule has 0 spiro atoms. The smallest absolute Gasteiger partial charge is 0.343 e. The number of hydrazone groups is 1. The van der Waals surface area contributed by atoms with Crippen LogP contribution in [0.15, 0.2) is 84.0 Å². The number of aromatic hydroxyl groups is 1. The lowest BCUT2D eigenvalue weighted by molar-refractivity contribution is 0.0729. The van der Waals surface area contributed by atoms with E-state index in [1.807, 2.05) is 24.3 Å². The number of nitrogens with zero attached hydrogens (tertiary/aromatic N) is 1. The number of benzene rings is 4. The first-order valence-corrected chi connectivity index (χ1v) is 10.5. The van der Waals surface area contributed by atoms with E-state index < -0.39 is 11.9 Å². The molecule has 0 atom stereocenters. The van der Waals surface area contributed by atoms with Gasteiger partial charge in [-0.2, -0.15) is 5.10 Å². The second-order valence-corrected chi connectivity index (χ2v) is 7.66. The van der Waals surface area contributed by atoms with Crippen LogP contribution in [0.5, 0.6) is 17.2 Å². The molecule has 0 aliphatic heterocycles. The molecule has 0 saturated heterocycles. The van der Waals surface area contributed by atoms with Crippen LogP contribution in [0.2, 0.25) is 5.02 Å². The number of amides is 1. The van der Waals surface area contributed by atoms with Crippen molar-refractivity contribution in [1.29, 1.82) is 0 Å². The van der Waals surface area contributed by atoms with Gasteiger partial charge in [0.2, 0.25) is 0 Å². The summed E-state index contributed by atoms with van der Waals surface area (Å²) in [5.41, 5.74) is 3.44. The lowest BCUT2D eigenvalue weighted by Crippen LogP contribution is -2.17. The fourth-order valence-electron chi connectivity index (χ4n) is 3.23. The minimum atomic E-state index is -0.557. The van der Waals surface area contributed by atoms with Crippen molar-refractivity contribution in [3.63, 3.8) is 0 Å². The predicted molar refractivity (Wildman–Crippen MR) is 130 cm³/mol. The van der Waals surface area contributed by atoms with Crippen molar-refractivity contribution in [2.45, 2.75) is 0 Å². The van der Waals surface area contributed by atoms with Crippen molar-refractivity contribution in [3.05, 3.63) is 101 Å². The fourth-order valence-corrected chi connectivity index (χ4v) is 3.36. The van der Waals surface area contributed by atoms with Gasteiger partial charge in [-0.25, -0.2) is 10.2 Å². The molecule has 170 valence electrons. The zero-order chi connectivity index (χ0) is 24.1. The van der Waals surface area contributed by atoms with E-state index in [0.29, 0.717) is 21.9 Å². The van der Waals surface area contributed by atoms with Gasteiger partial charge in [-0.05, 0) is 70.9 Å². The first-order chi connectivity index (χ1) is 16.4. The Morgan fingerprint density at radius 3 is 2.35 bits per heavy atom. The molecule has 0 heterocycles. The summed E-state index contributed by atoms with van der Waals surface area (Å²) in [5, 5.41) is 16.3. The summed E-state index contributed by atoms with van der Waals surface area (Å²) in [7, 11) is 1.44. The van der Waals surface area contributed by atoms with Crippen LogP contribution >= 0.6 is 11.6 Å². The van der Waals surface area contributed by atoms with Crippen LogP contribution < -0.4 is 14.9 Å². The summed E-state index contributed by atoms with van der Waals surface area (Å²) in [6, 6.07) is 21.7. The lowest BCUT2D eigenvalue weighted by Gasteiger charge is -2.10. The van der Waals surface area contributed by atoms with Crippen molar-refractivity contribution in [2.24, 2.45) is 5.10 Å². The molecule has 0 aliphatic rings. The summed E-state index contributed by atoms with van der Waals surface area (Å²) in [6.07, 6.45) is 1.41. The number of phenolic OH excluding ortho intramolecular Hbond substituents is 1. The van der Waals surface area contributed by atoms with E-state index in [4.69, 9.17) is 21.1 Å². The Kier molecular flexibility index (Phi) is 6.75. The van der Waals surface area contributed by atoms with Crippen LogP contribution in [0.25, 0.3) is 10.8 Å². The number of fused-ring (bicyclic) bond motifs is 1. The van der Waals surface area contributed by atoms with E-state index in [0.717, 1.165) is 10.8 Å². The number of ether oxygens (including phenoxy) is 2. The molecule has 34 heavy (non-hydrogen) atoms. The maximum absolute atomic E-state index is 12.5. The van der Waals surface area contributed by atoms with Crippen LogP contribution in [0.3, 0.4) is 0 Å². The molecule has 8 heteroatoms. The summed E-state index contributed by atoms with van der Waals surface area (Å²) >= 11 is 5.85. The van der Waals surface area contributed by atoms with Gasteiger partial charge in [0.15, 0.2) is 11.5 Å². The van der Waals surface area contributed by atoms with Gasteiger partial charge in [-0.15, -0.1) is 0 Å². The van der Waals surface area contributed by atoms with Gasteiger partial charge in [0.05, 0.1) is 24.5 Å². The summed E-state index contributed by atoms with van der Waals surface area (Å²) < 4.78 is 10.7. The van der Waals surface area contributed by atoms with E-state index in [-0.39, 0.29) is 17.1 Å². The summed E-state index contributed by atoms with van der Waals surface area (Å²) in [6.45, 7) is 0. The highest BCUT2D eigenvalue weighted by Crippen LogP contribution is 2.29. The van der Waals surface area contributed by atoms with Crippen LogP contribution in [0.4, 0.5) is 0 Å². The average molecular weight is 475 g/mol. The van der Waals surface area contributed by atoms with Gasteiger partial charge in [0.1, 0.15) is 5.75 Å². The quantitative estimate of drug-likeness (QED) is 0.173. The van der Waals surface area contributed by atoms with Crippen molar-refractivity contribution in [1.82, 2.24) is 5.43 Å². The molecule has 0 aromatic heterocycles. The topological polar surface area (TPSA) is 97.2 Å². The van der Waals surface area contributed by atoms with Gasteiger partial charge in [0.25, 0.3) is 5.91 Å². The number of rotatable bonds is 6. The zero-order valence-corrected chi connectivity index (χ0v) is 18.7. The maximum Gasteiger partial charge on any atom is 0.343 e.